The maximum absolute atomic E-state index is 13.8. The van der Waals surface area contributed by atoms with E-state index in [-0.39, 0.29) is 18.9 Å². The van der Waals surface area contributed by atoms with E-state index >= 15 is 0 Å². The highest BCUT2D eigenvalue weighted by molar-refractivity contribution is 5.96. The van der Waals surface area contributed by atoms with E-state index in [0.29, 0.717) is 11.3 Å². The average Bonchev–Trinajstić information content (AvgIpc) is 2.60. The van der Waals surface area contributed by atoms with Gasteiger partial charge in [0.1, 0.15) is 0 Å². The monoisotopic (exact) mass is 332 g/mol. The van der Waals surface area contributed by atoms with Crippen molar-refractivity contribution in [3.05, 3.63) is 66.2 Å². The molecule has 0 heterocycles. The van der Waals surface area contributed by atoms with Crippen LogP contribution >= 0.6 is 0 Å². The SMILES string of the molecule is O=C(NCCCC(F)(F)C(=O)Nc1ccccc1)c1ccccc1. The quantitative estimate of drug-likeness (QED) is 0.763. The minimum atomic E-state index is -3.49. The third-order valence-corrected chi connectivity index (χ3v) is 3.35. The molecule has 0 bridgehead atoms. The molecular weight excluding hydrogens is 314 g/mol. The minimum Gasteiger partial charge on any atom is -0.352 e. The second-order valence-corrected chi connectivity index (χ2v) is 5.25. The maximum Gasteiger partial charge on any atom is 0.325 e. The van der Waals surface area contributed by atoms with Gasteiger partial charge in [0.25, 0.3) is 11.8 Å². The van der Waals surface area contributed by atoms with Crippen molar-refractivity contribution in [2.75, 3.05) is 11.9 Å². The van der Waals surface area contributed by atoms with Crippen molar-refractivity contribution in [2.45, 2.75) is 18.8 Å². The predicted molar refractivity (Wildman–Crippen MR) is 88.0 cm³/mol. The molecule has 0 aliphatic heterocycles. The molecule has 0 saturated heterocycles. The van der Waals surface area contributed by atoms with Gasteiger partial charge in [-0.25, -0.2) is 0 Å². The zero-order valence-electron chi connectivity index (χ0n) is 13.0. The van der Waals surface area contributed by atoms with Crippen LogP contribution in [0.3, 0.4) is 0 Å². The van der Waals surface area contributed by atoms with Crippen molar-refractivity contribution in [3.8, 4) is 0 Å². The number of rotatable bonds is 7. The summed E-state index contributed by atoms with van der Waals surface area (Å²) in [6, 6.07) is 16.6. The first-order chi connectivity index (χ1) is 11.5. The lowest BCUT2D eigenvalue weighted by Gasteiger charge is -2.16. The average molecular weight is 332 g/mol. The maximum atomic E-state index is 13.8. The summed E-state index contributed by atoms with van der Waals surface area (Å²) >= 11 is 0. The molecule has 24 heavy (non-hydrogen) atoms. The molecule has 0 fully saturated rings. The molecule has 2 N–H and O–H groups in total. The van der Waals surface area contributed by atoms with Crippen molar-refractivity contribution in [1.29, 1.82) is 0 Å². The van der Waals surface area contributed by atoms with Gasteiger partial charge in [0, 0.05) is 24.2 Å². The number of para-hydroxylation sites is 1. The lowest BCUT2D eigenvalue weighted by Crippen LogP contribution is -2.35. The Morgan fingerprint density at radius 3 is 2.12 bits per heavy atom. The first-order valence-corrected chi connectivity index (χ1v) is 7.56. The molecule has 4 nitrogen and oxygen atoms in total. The van der Waals surface area contributed by atoms with Crippen molar-refractivity contribution in [2.24, 2.45) is 0 Å². The van der Waals surface area contributed by atoms with E-state index in [0.717, 1.165) is 0 Å². The fourth-order valence-electron chi connectivity index (χ4n) is 2.06. The number of alkyl halides is 2. The molecule has 126 valence electrons. The molecule has 0 aliphatic rings. The van der Waals surface area contributed by atoms with Gasteiger partial charge in [-0.2, -0.15) is 8.78 Å². The molecule has 0 aliphatic carbocycles. The summed E-state index contributed by atoms with van der Waals surface area (Å²) < 4.78 is 27.7. The zero-order valence-corrected chi connectivity index (χ0v) is 13.0. The summed E-state index contributed by atoms with van der Waals surface area (Å²) in [5, 5.41) is 4.74. The van der Waals surface area contributed by atoms with Gasteiger partial charge < -0.3 is 10.6 Å². The van der Waals surface area contributed by atoms with E-state index in [1.165, 1.54) is 12.1 Å². The van der Waals surface area contributed by atoms with Crippen LogP contribution in [0.2, 0.25) is 0 Å². The van der Waals surface area contributed by atoms with E-state index in [9.17, 15) is 18.4 Å². The van der Waals surface area contributed by atoms with Crippen molar-refractivity contribution < 1.29 is 18.4 Å². The van der Waals surface area contributed by atoms with Crippen LogP contribution in [0, 0.1) is 0 Å². The number of carbonyl (C=O) groups excluding carboxylic acids is 2. The highest BCUT2D eigenvalue weighted by Gasteiger charge is 2.37. The van der Waals surface area contributed by atoms with Crippen LogP contribution in [0.1, 0.15) is 23.2 Å². The minimum absolute atomic E-state index is 0.00617. The topological polar surface area (TPSA) is 58.2 Å². The number of carbonyl (C=O) groups is 2. The summed E-state index contributed by atoms with van der Waals surface area (Å²) in [6.45, 7) is 0.0714. The molecule has 0 atom stereocenters. The Kier molecular flexibility index (Phi) is 6.01. The normalized spacial score (nSPS) is 10.9. The van der Waals surface area contributed by atoms with E-state index in [4.69, 9.17) is 0 Å². The largest absolute Gasteiger partial charge is 0.352 e. The highest BCUT2D eigenvalue weighted by atomic mass is 19.3. The van der Waals surface area contributed by atoms with Gasteiger partial charge in [-0.3, -0.25) is 9.59 Å². The number of nitrogens with one attached hydrogen (secondary N) is 2. The van der Waals surface area contributed by atoms with Crippen LogP contribution in [-0.2, 0) is 4.79 Å². The molecule has 0 unspecified atom stereocenters. The van der Waals surface area contributed by atoms with E-state index < -0.39 is 18.3 Å². The molecule has 0 radical (unpaired) electrons. The Hall–Kier alpha value is -2.76. The van der Waals surface area contributed by atoms with Gasteiger partial charge in [-0.1, -0.05) is 36.4 Å². The van der Waals surface area contributed by atoms with Gasteiger partial charge in [0.05, 0.1) is 0 Å². The summed E-state index contributed by atoms with van der Waals surface area (Å²) in [6.07, 6.45) is -0.644. The van der Waals surface area contributed by atoms with E-state index in [1.807, 2.05) is 0 Å². The van der Waals surface area contributed by atoms with Gasteiger partial charge in [-0.05, 0) is 30.7 Å². The number of halogens is 2. The molecule has 2 aromatic carbocycles. The van der Waals surface area contributed by atoms with Crippen molar-refractivity contribution >= 4 is 17.5 Å². The standard InChI is InChI=1S/C18H18F2N2O2/c19-18(20,17(24)22-15-10-5-2-6-11-15)12-7-13-21-16(23)14-8-3-1-4-9-14/h1-6,8-11H,7,12-13H2,(H,21,23)(H,22,24). The van der Waals surface area contributed by atoms with Gasteiger partial charge in [0.15, 0.2) is 0 Å². The van der Waals surface area contributed by atoms with Gasteiger partial charge in [-0.15, -0.1) is 0 Å². The third-order valence-electron chi connectivity index (χ3n) is 3.35. The summed E-state index contributed by atoms with van der Waals surface area (Å²) in [4.78, 5) is 23.4. The second kappa shape index (κ2) is 8.19. The van der Waals surface area contributed by atoms with Crippen LogP contribution < -0.4 is 10.6 Å². The third kappa shape index (κ3) is 5.15. The van der Waals surface area contributed by atoms with Crippen molar-refractivity contribution in [3.63, 3.8) is 0 Å². The van der Waals surface area contributed by atoms with Crippen LogP contribution in [0.15, 0.2) is 60.7 Å². The molecule has 6 heteroatoms. The molecule has 2 rings (SSSR count). The molecule has 0 aromatic heterocycles. The van der Waals surface area contributed by atoms with E-state index in [1.54, 1.807) is 48.5 Å². The molecular formula is C18H18F2N2O2. The van der Waals surface area contributed by atoms with Crippen LogP contribution in [0.25, 0.3) is 0 Å². The first-order valence-electron chi connectivity index (χ1n) is 7.56. The molecule has 2 amide bonds. The first kappa shape index (κ1) is 17.6. The molecule has 0 spiro atoms. The van der Waals surface area contributed by atoms with Crippen molar-refractivity contribution in [1.82, 2.24) is 5.32 Å². The Labute approximate surface area is 138 Å². The number of hydrogen-bond acceptors (Lipinski definition) is 2. The zero-order chi connectivity index (χ0) is 17.4. The Bertz CT molecular complexity index is 676. The van der Waals surface area contributed by atoms with Gasteiger partial charge in [0.2, 0.25) is 0 Å². The number of amides is 2. The summed E-state index contributed by atoms with van der Waals surface area (Å²) in [7, 11) is 0. The highest BCUT2D eigenvalue weighted by Crippen LogP contribution is 2.22. The van der Waals surface area contributed by atoms with Gasteiger partial charge >= 0.3 is 5.92 Å². The van der Waals surface area contributed by atoms with Crippen LogP contribution in [0.5, 0.6) is 0 Å². The lowest BCUT2D eigenvalue weighted by atomic mass is 10.1. The van der Waals surface area contributed by atoms with Crippen LogP contribution in [-0.4, -0.2) is 24.3 Å². The molecule has 0 saturated carbocycles. The number of hydrogen-bond donors (Lipinski definition) is 2. The Morgan fingerprint density at radius 2 is 1.50 bits per heavy atom. The fourth-order valence-corrected chi connectivity index (χ4v) is 2.06. The molecule has 2 aromatic rings. The van der Waals surface area contributed by atoms with Crippen LogP contribution in [0.4, 0.5) is 14.5 Å². The predicted octanol–water partition coefficient (Wildman–Crippen LogP) is 3.47. The Morgan fingerprint density at radius 1 is 0.917 bits per heavy atom. The smallest absolute Gasteiger partial charge is 0.325 e. The van der Waals surface area contributed by atoms with E-state index in [2.05, 4.69) is 10.6 Å². The lowest BCUT2D eigenvalue weighted by molar-refractivity contribution is -0.140. The summed E-state index contributed by atoms with van der Waals surface area (Å²) in [5.41, 5.74) is 0.783. The number of anilines is 1. The fraction of sp³-hybridized carbons (Fsp3) is 0.222. The second-order valence-electron chi connectivity index (χ2n) is 5.25. The number of benzene rings is 2. The Balaban J connectivity index is 1.76. The summed E-state index contributed by atoms with van der Waals surface area (Å²) in [5.74, 6) is -5.16.